The van der Waals surface area contributed by atoms with Gasteiger partial charge in [0.25, 0.3) is 0 Å². The van der Waals surface area contributed by atoms with Crippen LogP contribution in [-0.4, -0.2) is 60.5 Å². The second kappa shape index (κ2) is 13.5. The first-order chi connectivity index (χ1) is 19.4. The molecule has 0 amide bonds. The van der Waals surface area contributed by atoms with Crippen molar-refractivity contribution in [3.63, 3.8) is 0 Å². The number of rotatable bonds is 11. The smallest absolute Gasteiger partial charge is 0.325 e. The van der Waals surface area contributed by atoms with Crippen molar-refractivity contribution >= 4 is 5.97 Å². The molecule has 1 aliphatic carbocycles. The van der Waals surface area contributed by atoms with Crippen molar-refractivity contribution < 1.29 is 24.1 Å². The minimum Gasteiger partial charge on any atom is -0.496 e. The predicted octanol–water partition coefficient (Wildman–Crippen LogP) is 6.00. The Bertz CT molecular complexity index is 1160. The van der Waals surface area contributed by atoms with Crippen molar-refractivity contribution in [3.05, 3.63) is 57.9 Å². The molecule has 40 heavy (non-hydrogen) atoms. The zero-order valence-electron chi connectivity index (χ0n) is 24.5. The minimum atomic E-state index is -0.800. The lowest BCUT2D eigenvalue weighted by atomic mass is 9.87. The summed E-state index contributed by atoms with van der Waals surface area (Å²) in [5.74, 6) is 0.873. The van der Waals surface area contributed by atoms with Gasteiger partial charge in [-0.2, -0.15) is 0 Å². The molecule has 2 aliphatic heterocycles. The van der Waals surface area contributed by atoms with E-state index in [-0.39, 0.29) is 12.2 Å². The van der Waals surface area contributed by atoms with E-state index < -0.39 is 12.0 Å². The van der Waals surface area contributed by atoms with Crippen molar-refractivity contribution in [1.29, 1.82) is 0 Å². The van der Waals surface area contributed by atoms with Crippen LogP contribution < -0.4 is 4.74 Å². The van der Waals surface area contributed by atoms with Gasteiger partial charge in [-0.1, -0.05) is 30.7 Å². The Morgan fingerprint density at radius 1 is 1.20 bits per heavy atom. The summed E-state index contributed by atoms with van der Waals surface area (Å²) >= 11 is 0. The van der Waals surface area contributed by atoms with E-state index in [1.807, 2.05) is 13.0 Å². The number of fused-ring (bicyclic) bond motifs is 1. The summed E-state index contributed by atoms with van der Waals surface area (Å²) in [6, 6.07) is 7.64. The van der Waals surface area contributed by atoms with Gasteiger partial charge in [0.1, 0.15) is 11.8 Å². The first kappa shape index (κ1) is 29.0. The molecule has 5 rings (SSSR count). The fourth-order valence-electron chi connectivity index (χ4n) is 6.70. The van der Waals surface area contributed by atoms with Crippen LogP contribution >= 0.6 is 0 Å². The number of carboxylic acids is 1. The zero-order valence-corrected chi connectivity index (χ0v) is 24.5. The summed E-state index contributed by atoms with van der Waals surface area (Å²) in [6.45, 7) is 7.11. The number of nitrogens with zero attached hydrogens (tertiary/aromatic N) is 2. The van der Waals surface area contributed by atoms with Crippen LogP contribution in [0, 0.1) is 12.8 Å². The minimum absolute atomic E-state index is 0.0196. The van der Waals surface area contributed by atoms with Gasteiger partial charge in [-0.25, -0.2) is 0 Å². The molecule has 1 aromatic heterocycles. The molecule has 0 radical (unpaired) electrons. The molecule has 3 heterocycles. The third-order valence-corrected chi connectivity index (χ3v) is 8.89. The van der Waals surface area contributed by atoms with Crippen molar-refractivity contribution in [2.24, 2.45) is 5.92 Å². The lowest BCUT2D eigenvalue weighted by molar-refractivity contribution is -0.143. The van der Waals surface area contributed by atoms with Gasteiger partial charge in [-0.15, -0.1) is 0 Å². The first-order valence-electron chi connectivity index (χ1n) is 15.3. The van der Waals surface area contributed by atoms with Crippen molar-refractivity contribution in [2.75, 3.05) is 33.4 Å². The van der Waals surface area contributed by atoms with Gasteiger partial charge in [0.15, 0.2) is 0 Å². The van der Waals surface area contributed by atoms with E-state index in [0.29, 0.717) is 19.1 Å². The van der Waals surface area contributed by atoms with Crippen LogP contribution in [0.25, 0.3) is 0 Å². The lowest BCUT2D eigenvalue weighted by Gasteiger charge is -2.30. The number of hydrogen-bond acceptors (Lipinski definition) is 6. The molecule has 7 nitrogen and oxygen atoms in total. The molecule has 2 saturated heterocycles. The number of likely N-dealkylation sites (tertiary alicyclic amines) is 1. The fraction of sp³-hybridized carbons (Fsp3) is 0.636. The number of carboxylic acid groups (broad SMARTS) is 1. The summed E-state index contributed by atoms with van der Waals surface area (Å²) in [4.78, 5) is 19.6. The molecule has 2 unspecified atom stereocenters. The van der Waals surface area contributed by atoms with Gasteiger partial charge in [0.2, 0.25) is 0 Å². The first-order valence-corrected chi connectivity index (χ1v) is 15.3. The monoisotopic (exact) mass is 550 g/mol. The van der Waals surface area contributed by atoms with Crippen LogP contribution in [-0.2, 0) is 33.5 Å². The van der Waals surface area contributed by atoms with Gasteiger partial charge in [0.05, 0.1) is 19.3 Å². The Labute approximate surface area is 239 Å². The number of benzene rings is 1. The second-order valence-corrected chi connectivity index (χ2v) is 12.1. The molecular formula is C33H46N2O5. The molecule has 0 spiro atoms. The topological polar surface area (TPSA) is 81.1 Å². The highest BCUT2D eigenvalue weighted by Gasteiger charge is 2.36. The normalized spacial score (nSPS) is 24.0. The Morgan fingerprint density at radius 2 is 2.08 bits per heavy atom. The third-order valence-electron chi connectivity index (χ3n) is 8.89. The SMILES string of the molecule is COc1cc(CCCCO[C@@H]2CCN(C(C(=O)O)c3cc(C)ccc3[C@@H]3CCCCO3)C2)nc2c1CCC(C)C2. The summed E-state index contributed by atoms with van der Waals surface area (Å²) in [5, 5.41) is 10.3. The van der Waals surface area contributed by atoms with Crippen LogP contribution in [0.3, 0.4) is 0 Å². The summed E-state index contributed by atoms with van der Waals surface area (Å²) in [7, 11) is 1.76. The van der Waals surface area contributed by atoms with Gasteiger partial charge >= 0.3 is 5.97 Å². The Balaban J connectivity index is 1.14. The molecule has 1 N–H and O–H groups in total. The highest BCUT2D eigenvalue weighted by Crippen LogP contribution is 2.37. The van der Waals surface area contributed by atoms with E-state index in [9.17, 15) is 9.90 Å². The molecule has 2 aromatic rings. The van der Waals surface area contributed by atoms with Crippen molar-refractivity contribution in [3.8, 4) is 5.75 Å². The maximum atomic E-state index is 12.6. The largest absolute Gasteiger partial charge is 0.496 e. The van der Waals surface area contributed by atoms with Gasteiger partial charge in [-0.3, -0.25) is 14.7 Å². The number of hydrogen-bond donors (Lipinski definition) is 1. The maximum absolute atomic E-state index is 12.6. The number of aryl methyl sites for hydroxylation is 2. The molecule has 4 atom stereocenters. The maximum Gasteiger partial charge on any atom is 0.325 e. The zero-order chi connectivity index (χ0) is 28.1. The summed E-state index contributed by atoms with van der Waals surface area (Å²) in [6.07, 6.45) is 10.2. The Hall–Kier alpha value is -2.48. The third kappa shape index (κ3) is 6.87. The quantitative estimate of drug-likeness (QED) is 0.344. The van der Waals surface area contributed by atoms with Crippen molar-refractivity contribution in [1.82, 2.24) is 9.88 Å². The predicted molar refractivity (Wildman–Crippen MR) is 155 cm³/mol. The average molecular weight is 551 g/mol. The molecule has 2 fully saturated rings. The van der Waals surface area contributed by atoms with E-state index in [0.717, 1.165) is 99.1 Å². The highest BCUT2D eigenvalue weighted by atomic mass is 16.5. The van der Waals surface area contributed by atoms with Gasteiger partial charge < -0.3 is 19.3 Å². The number of methoxy groups -OCH3 is 1. The van der Waals surface area contributed by atoms with Crippen LogP contribution in [0.4, 0.5) is 0 Å². The molecule has 218 valence electrons. The Morgan fingerprint density at radius 3 is 2.85 bits per heavy atom. The summed E-state index contributed by atoms with van der Waals surface area (Å²) in [5.41, 5.74) is 6.61. The van der Waals surface area contributed by atoms with E-state index in [4.69, 9.17) is 19.2 Å². The van der Waals surface area contributed by atoms with E-state index in [1.54, 1.807) is 7.11 Å². The van der Waals surface area contributed by atoms with Crippen LogP contribution in [0.5, 0.6) is 5.75 Å². The molecule has 7 heteroatoms. The number of unbranched alkanes of at least 4 members (excludes halogenated alkanes) is 1. The van der Waals surface area contributed by atoms with Crippen molar-refractivity contribution in [2.45, 2.75) is 96.3 Å². The lowest BCUT2D eigenvalue weighted by Crippen LogP contribution is -2.34. The molecule has 1 aromatic carbocycles. The average Bonchev–Trinajstić information content (AvgIpc) is 3.40. The molecule has 3 aliphatic rings. The van der Waals surface area contributed by atoms with Crippen LogP contribution in [0.15, 0.2) is 24.3 Å². The standard InChI is InChI=1S/C33H46N2O5/c1-22-10-12-26(30-9-5-7-17-40-30)28(18-22)32(33(36)37)35-15-14-25(21-35)39-16-6-4-8-24-20-31(38-3)27-13-11-23(2)19-29(27)34-24/h10,12,18,20,23,25,30,32H,4-9,11,13-17,19,21H2,1-3H3,(H,36,37)/t23?,25-,30+,32?/m1/s1. The number of pyridine rings is 1. The van der Waals surface area contributed by atoms with Gasteiger partial charge in [0, 0.05) is 49.3 Å². The highest BCUT2D eigenvalue weighted by molar-refractivity contribution is 5.76. The second-order valence-electron chi connectivity index (χ2n) is 12.1. The number of aromatic nitrogens is 1. The molecule has 0 saturated carbocycles. The number of aliphatic carboxylic acids is 1. The van der Waals surface area contributed by atoms with Crippen LogP contribution in [0.1, 0.15) is 97.7 Å². The van der Waals surface area contributed by atoms with Crippen LogP contribution in [0.2, 0.25) is 0 Å². The molecular weight excluding hydrogens is 504 g/mol. The summed E-state index contributed by atoms with van der Waals surface area (Å²) < 4.78 is 18.0. The van der Waals surface area contributed by atoms with Gasteiger partial charge in [-0.05, 0) is 88.2 Å². The fourth-order valence-corrected chi connectivity index (χ4v) is 6.70. The number of carbonyl (C=O) groups is 1. The number of ether oxygens (including phenoxy) is 3. The van der Waals surface area contributed by atoms with E-state index >= 15 is 0 Å². The molecule has 0 bridgehead atoms. The Kier molecular flexibility index (Phi) is 9.76. The van der Waals surface area contributed by atoms with E-state index in [1.165, 1.54) is 17.7 Å². The van der Waals surface area contributed by atoms with E-state index in [2.05, 4.69) is 30.0 Å².